The van der Waals surface area contributed by atoms with Gasteiger partial charge in [-0.3, -0.25) is 4.79 Å². The molecule has 1 unspecified atom stereocenters. The van der Waals surface area contributed by atoms with Crippen LogP contribution in [0.4, 0.5) is 0 Å². The topological polar surface area (TPSA) is 56.6 Å². The molecular formula is C30H30ClN3O3. The van der Waals surface area contributed by atoms with Gasteiger partial charge in [-0.05, 0) is 65.9 Å². The van der Waals surface area contributed by atoms with E-state index in [1.165, 1.54) is 0 Å². The number of aromatic nitrogens is 2. The molecule has 37 heavy (non-hydrogen) atoms. The number of hydrogen-bond acceptors (Lipinski definition) is 4. The van der Waals surface area contributed by atoms with Gasteiger partial charge in [-0.1, -0.05) is 55.8 Å². The van der Waals surface area contributed by atoms with Crippen LogP contribution < -0.4 is 9.47 Å². The van der Waals surface area contributed by atoms with Crippen LogP contribution in [0.15, 0.2) is 66.7 Å². The highest BCUT2D eigenvalue weighted by Crippen LogP contribution is 2.45. The van der Waals surface area contributed by atoms with E-state index in [-0.39, 0.29) is 17.9 Å². The van der Waals surface area contributed by atoms with Gasteiger partial charge in [0.2, 0.25) is 0 Å². The van der Waals surface area contributed by atoms with Gasteiger partial charge >= 0.3 is 0 Å². The number of nitrogens with zero attached hydrogens (tertiary/aromatic N) is 3. The van der Waals surface area contributed by atoms with Crippen LogP contribution in [0.25, 0.3) is 5.69 Å². The van der Waals surface area contributed by atoms with Gasteiger partial charge in [-0.25, -0.2) is 4.68 Å². The smallest absolute Gasteiger partial charge is 0.275 e. The van der Waals surface area contributed by atoms with Crippen molar-refractivity contribution in [1.82, 2.24) is 14.7 Å². The summed E-state index contributed by atoms with van der Waals surface area (Å²) in [6.45, 7) is 6.74. The molecule has 3 aromatic carbocycles. The molecule has 6 nitrogen and oxygen atoms in total. The Morgan fingerprint density at radius 1 is 1.00 bits per heavy atom. The normalized spacial score (nSPS) is 14.8. The third-order valence-corrected chi connectivity index (χ3v) is 7.14. The molecule has 0 saturated carbocycles. The molecule has 0 aliphatic carbocycles. The maximum atomic E-state index is 14.0. The van der Waals surface area contributed by atoms with Crippen LogP contribution in [0.2, 0.25) is 5.02 Å². The number of ether oxygens (including phenoxy) is 2. The molecule has 1 aromatic heterocycles. The number of fused-ring (bicyclic) bond motifs is 1. The van der Waals surface area contributed by atoms with Gasteiger partial charge in [0.05, 0.1) is 26.0 Å². The lowest BCUT2D eigenvalue weighted by molar-refractivity contribution is 0.0728. The van der Waals surface area contributed by atoms with Gasteiger partial charge in [-0.15, -0.1) is 0 Å². The van der Waals surface area contributed by atoms with Crippen LogP contribution in [0.1, 0.15) is 64.2 Å². The molecule has 0 saturated heterocycles. The Kier molecular flexibility index (Phi) is 6.69. The Bertz CT molecular complexity index is 1460. The van der Waals surface area contributed by atoms with Crippen LogP contribution in [0, 0.1) is 6.92 Å². The Hall–Kier alpha value is -3.77. The van der Waals surface area contributed by atoms with Crippen molar-refractivity contribution >= 4 is 17.5 Å². The Morgan fingerprint density at radius 2 is 1.73 bits per heavy atom. The van der Waals surface area contributed by atoms with Crippen LogP contribution in [0.5, 0.6) is 11.5 Å². The highest BCUT2D eigenvalue weighted by molar-refractivity contribution is 6.30. The molecule has 1 atom stereocenters. The number of rotatable bonds is 7. The lowest BCUT2D eigenvalue weighted by Crippen LogP contribution is -2.30. The zero-order valence-electron chi connectivity index (χ0n) is 21.7. The largest absolute Gasteiger partial charge is 0.497 e. The number of methoxy groups -OCH3 is 2. The summed E-state index contributed by atoms with van der Waals surface area (Å²) in [5.41, 5.74) is 6.28. The van der Waals surface area contributed by atoms with E-state index in [1.807, 2.05) is 83.2 Å². The predicted molar refractivity (Wildman–Crippen MR) is 145 cm³/mol. The molecule has 7 heteroatoms. The average Bonchev–Trinajstić information content (AvgIpc) is 3.40. The first-order valence-corrected chi connectivity index (χ1v) is 12.7. The first-order chi connectivity index (χ1) is 17.8. The van der Waals surface area contributed by atoms with Crippen LogP contribution in [-0.4, -0.2) is 34.8 Å². The molecule has 1 aliphatic rings. The zero-order chi connectivity index (χ0) is 26.3. The lowest BCUT2D eigenvalue weighted by Gasteiger charge is -2.29. The molecule has 4 aromatic rings. The summed E-state index contributed by atoms with van der Waals surface area (Å²) < 4.78 is 12.8. The molecule has 0 fully saturated rings. The number of para-hydroxylation sites is 2. The Balaban J connectivity index is 1.71. The van der Waals surface area contributed by atoms with Crippen molar-refractivity contribution in [3.63, 3.8) is 0 Å². The molecular weight excluding hydrogens is 486 g/mol. The molecule has 5 rings (SSSR count). The third kappa shape index (κ3) is 4.36. The van der Waals surface area contributed by atoms with E-state index in [0.29, 0.717) is 23.0 Å². The number of amides is 1. The van der Waals surface area contributed by atoms with Crippen molar-refractivity contribution in [1.29, 1.82) is 0 Å². The first kappa shape index (κ1) is 24.9. The van der Waals surface area contributed by atoms with E-state index in [0.717, 1.165) is 39.4 Å². The van der Waals surface area contributed by atoms with E-state index >= 15 is 0 Å². The van der Waals surface area contributed by atoms with Gasteiger partial charge in [0, 0.05) is 17.1 Å². The second kappa shape index (κ2) is 9.94. The van der Waals surface area contributed by atoms with Gasteiger partial charge < -0.3 is 14.4 Å². The summed E-state index contributed by atoms with van der Waals surface area (Å²) in [4.78, 5) is 15.9. The van der Waals surface area contributed by atoms with E-state index in [9.17, 15) is 4.79 Å². The van der Waals surface area contributed by atoms with Crippen molar-refractivity contribution in [3.8, 4) is 17.2 Å². The molecule has 190 valence electrons. The van der Waals surface area contributed by atoms with Crippen molar-refractivity contribution in [2.45, 2.75) is 39.3 Å². The zero-order valence-corrected chi connectivity index (χ0v) is 22.4. The molecule has 0 N–H and O–H groups in total. The molecule has 1 amide bonds. The number of carbonyl (C=O) groups excluding carboxylic acids is 1. The quantitative estimate of drug-likeness (QED) is 0.274. The fourth-order valence-corrected chi connectivity index (χ4v) is 5.41. The molecule has 1 aliphatic heterocycles. The predicted octanol–water partition coefficient (Wildman–Crippen LogP) is 6.72. The second-order valence-electron chi connectivity index (χ2n) is 9.57. The first-order valence-electron chi connectivity index (χ1n) is 12.3. The number of benzene rings is 3. The summed E-state index contributed by atoms with van der Waals surface area (Å²) in [7, 11) is 3.29. The standard InChI is InChI=1S/C30H30ClN3O3/c1-18(2)28-26-27(32-34(28)24-8-6-7-9-25(24)37-5)30(35)33(17-20-10-13-22(36-4)14-11-20)29(26)23-15-12-21(31)16-19(23)3/h6-16,18,29H,17H2,1-5H3. The maximum Gasteiger partial charge on any atom is 0.275 e. The minimum Gasteiger partial charge on any atom is -0.497 e. The summed E-state index contributed by atoms with van der Waals surface area (Å²) in [6.07, 6.45) is 0. The van der Waals surface area contributed by atoms with E-state index in [1.54, 1.807) is 14.2 Å². The van der Waals surface area contributed by atoms with Crippen molar-refractivity contribution in [3.05, 3.63) is 105 Å². The van der Waals surface area contributed by atoms with Crippen molar-refractivity contribution < 1.29 is 14.3 Å². The second-order valence-corrected chi connectivity index (χ2v) is 10.0. The fraction of sp³-hybridized carbons (Fsp3) is 0.267. The molecule has 0 bridgehead atoms. The van der Waals surface area contributed by atoms with E-state index in [2.05, 4.69) is 13.8 Å². The maximum absolute atomic E-state index is 14.0. The van der Waals surface area contributed by atoms with Gasteiger partial charge in [0.15, 0.2) is 5.69 Å². The number of hydrogen-bond donors (Lipinski definition) is 0. The highest BCUT2D eigenvalue weighted by Gasteiger charge is 2.44. The number of halogens is 1. The number of carbonyl (C=O) groups is 1. The number of aryl methyl sites for hydroxylation is 1. The summed E-state index contributed by atoms with van der Waals surface area (Å²) in [6, 6.07) is 21.1. The molecule has 0 spiro atoms. The van der Waals surface area contributed by atoms with Crippen LogP contribution in [0.3, 0.4) is 0 Å². The fourth-order valence-electron chi connectivity index (χ4n) is 5.18. The summed E-state index contributed by atoms with van der Waals surface area (Å²) >= 11 is 6.32. The molecule has 0 radical (unpaired) electrons. The summed E-state index contributed by atoms with van der Waals surface area (Å²) in [5.74, 6) is 1.48. The molecule has 2 heterocycles. The van der Waals surface area contributed by atoms with Gasteiger partial charge in [0.1, 0.15) is 17.2 Å². The van der Waals surface area contributed by atoms with Crippen molar-refractivity contribution in [2.75, 3.05) is 14.2 Å². The van der Waals surface area contributed by atoms with Crippen LogP contribution in [-0.2, 0) is 6.54 Å². The van der Waals surface area contributed by atoms with E-state index < -0.39 is 0 Å². The Morgan fingerprint density at radius 3 is 2.38 bits per heavy atom. The summed E-state index contributed by atoms with van der Waals surface area (Å²) in [5, 5.41) is 5.58. The lowest BCUT2D eigenvalue weighted by atomic mass is 9.92. The minimum atomic E-state index is -0.303. The highest BCUT2D eigenvalue weighted by atomic mass is 35.5. The Labute approximate surface area is 222 Å². The third-order valence-electron chi connectivity index (χ3n) is 6.91. The monoisotopic (exact) mass is 515 g/mol. The van der Waals surface area contributed by atoms with Gasteiger partial charge in [0.25, 0.3) is 5.91 Å². The van der Waals surface area contributed by atoms with Crippen molar-refractivity contribution in [2.24, 2.45) is 0 Å². The SMILES string of the molecule is COc1ccc(CN2C(=O)c3nn(-c4ccccc4OC)c(C(C)C)c3C2c2ccc(Cl)cc2C)cc1. The average molecular weight is 516 g/mol. The van der Waals surface area contributed by atoms with Gasteiger partial charge in [-0.2, -0.15) is 5.10 Å². The minimum absolute atomic E-state index is 0.0966. The van der Waals surface area contributed by atoms with Crippen LogP contribution >= 0.6 is 11.6 Å². The van der Waals surface area contributed by atoms with E-state index in [4.69, 9.17) is 26.2 Å².